The summed E-state index contributed by atoms with van der Waals surface area (Å²) in [4.78, 5) is 12.7. The van der Waals surface area contributed by atoms with Crippen LogP contribution < -0.4 is 5.73 Å². The Bertz CT molecular complexity index is 669. The number of imidazole rings is 1. The maximum atomic E-state index is 5.91. The van der Waals surface area contributed by atoms with Crippen LogP contribution in [0.2, 0.25) is 0 Å². The van der Waals surface area contributed by atoms with Crippen LogP contribution in [0.15, 0.2) is 23.8 Å². The van der Waals surface area contributed by atoms with Gasteiger partial charge in [0.05, 0.1) is 29.0 Å². The van der Waals surface area contributed by atoms with Gasteiger partial charge in [-0.05, 0) is 13.0 Å². The van der Waals surface area contributed by atoms with Crippen molar-refractivity contribution < 1.29 is 0 Å². The Kier molecular flexibility index (Phi) is 2.29. The van der Waals surface area contributed by atoms with Crippen molar-refractivity contribution in [3.05, 3.63) is 34.5 Å². The summed E-state index contributed by atoms with van der Waals surface area (Å²) < 4.78 is 1.95. The van der Waals surface area contributed by atoms with Crippen molar-refractivity contribution in [2.75, 3.05) is 5.73 Å². The second-order valence-corrected chi connectivity index (χ2v) is 4.84. The van der Waals surface area contributed by atoms with Gasteiger partial charge in [0.2, 0.25) is 5.95 Å². The van der Waals surface area contributed by atoms with Crippen LogP contribution in [0, 0.1) is 6.92 Å². The molecule has 0 aliphatic carbocycles. The Morgan fingerprint density at radius 3 is 3.06 bits per heavy atom. The molecule has 0 bridgehead atoms. The number of thiazole rings is 1. The molecule has 86 valence electrons. The summed E-state index contributed by atoms with van der Waals surface area (Å²) in [6.45, 7) is 2.64. The molecular weight excluding hydrogens is 234 g/mol. The molecule has 0 saturated carbocycles. The number of aryl methyl sites for hydroxylation is 1. The summed E-state index contributed by atoms with van der Waals surface area (Å²) in [7, 11) is 0. The van der Waals surface area contributed by atoms with E-state index in [4.69, 9.17) is 5.73 Å². The van der Waals surface area contributed by atoms with Gasteiger partial charge in [0.1, 0.15) is 5.52 Å². The number of pyridine rings is 1. The molecule has 0 aliphatic heterocycles. The summed E-state index contributed by atoms with van der Waals surface area (Å²) >= 11 is 1.64. The third-order valence-electron chi connectivity index (χ3n) is 2.57. The normalized spacial score (nSPS) is 11.1. The fourth-order valence-electron chi connectivity index (χ4n) is 1.81. The number of nitrogens with zero attached hydrogens (tertiary/aromatic N) is 4. The van der Waals surface area contributed by atoms with E-state index in [-0.39, 0.29) is 0 Å². The first kappa shape index (κ1) is 10.2. The van der Waals surface area contributed by atoms with Crippen LogP contribution in [-0.4, -0.2) is 19.5 Å². The summed E-state index contributed by atoms with van der Waals surface area (Å²) in [5.74, 6) is 0.499. The number of fused-ring (bicyclic) bond motifs is 1. The van der Waals surface area contributed by atoms with E-state index in [1.54, 1.807) is 23.7 Å². The molecule has 17 heavy (non-hydrogen) atoms. The van der Waals surface area contributed by atoms with Gasteiger partial charge in [-0.3, -0.25) is 4.98 Å². The van der Waals surface area contributed by atoms with Crippen molar-refractivity contribution in [2.45, 2.75) is 13.5 Å². The molecule has 3 aromatic heterocycles. The highest BCUT2D eigenvalue weighted by Crippen LogP contribution is 2.18. The zero-order valence-electron chi connectivity index (χ0n) is 9.29. The Hall–Kier alpha value is -1.95. The lowest BCUT2D eigenvalue weighted by molar-refractivity contribution is 0.813. The highest BCUT2D eigenvalue weighted by Gasteiger charge is 2.09. The minimum atomic E-state index is 0.499. The van der Waals surface area contributed by atoms with Crippen LogP contribution >= 0.6 is 11.3 Å². The van der Waals surface area contributed by atoms with Crippen molar-refractivity contribution in [2.24, 2.45) is 0 Å². The number of rotatable bonds is 2. The lowest BCUT2D eigenvalue weighted by atomic mass is 10.4. The van der Waals surface area contributed by atoms with Gasteiger partial charge in [0.15, 0.2) is 0 Å². The zero-order chi connectivity index (χ0) is 11.8. The van der Waals surface area contributed by atoms with Crippen LogP contribution in [0.4, 0.5) is 5.95 Å². The fourth-order valence-corrected chi connectivity index (χ4v) is 2.41. The van der Waals surface area contributed by atoms with Gasteiger partial charge < -0.3 is 10.3 Å². The molecule has 0 aromatic carbocycles. The first-order chi connectivity index (χ1) is 8.24. The molecule has 6 heteroatoms. The summed E-state index contributed by atoms with van der Waals surface area (Å²) in [5.41, 5.74) is 8.72. The predicted molar refractivity (Wildman–Crippen MR) is 67.9 cm³/mol. The predicted octanol–water partition coefficient (Wildman–Crippen LogP) is 1.83. The molecular formula is C11H11N5S. The van der Waals surface area contributed by atoms with E-state index in [2.05, 4.69) is 15.0 Å². The van der Waals surface area contributed by atoms with Crippen LogP contribution in [0.5, 0.6) is 0 Å². The number of anilines is 1. The number of nitrogens with two attached hydrogens (primary N) is 1. The smallest absolute Gasteiger partial charge is 0.201 e. The molecule has 0 unspecified atom stereocenters. The Labute approximate surface area is 102 Å². The first-order valence-electron chi connectivity index (χ1n) is 5.21. The Morgan fingerprint density at radius 2 is 2.29 bits per heavy atom. The van der Waals surface area contributed by atoms with Gasteiger partial charge in [-0.15, -0.1) is 11.3 Å². The summed E-state index contributed by atoms with van der Waals surface area (Å²) in [6, 6.07) is 1.91. The fraction of sp³-hybridized carbons (Fsp3) is 0.182. The van der Waals surface area contributed by atoms with E-state index in [9.17, 15) is 0 Å². The quantitative estimate of drug-likeness (QED) is 0.747. The molecule has 0 amide bonds. The van der Waals surface area contributed by atoms with Crippen LogP contribution in [0.25, 0.3) is 11.0 Å². The summed E-state index contributed by atoms with van der Waals surface area (Å²) in [5, 5.41) is 3.10. The van der Waals surface area contributed by atoms with E-state index >= 15 is 0 Å². The lowest BCUT2D eigenvalue weighted by Crippen LogP contribution is -2.04. The van der Waals surface area contributed by atoms with Crippen LogP contribution in [-0.2, 0) is 6.54 Å². The number of hydrogen-bond acceptors (Lipinski definition) is 5. The van der Waals surface area contributed by atoms with E-state index in [1.165, 1.54) is 0 Å². The van der Waals surface area contributed by atoms with E-state index in [1.807, 2.05) is 22.9 Å². The monoisotopic (exact) mass is 245 g/mol. The van der Waals surface area contributed by atoms with Crippen molar-refractivity contribution >= 4 is 28.3 Å². The highest BCUT2D eigenvalue weighted by atomic mass is 32.1. The average molecular weight is 245 g/mol. The molecule has 3 rings (SSSR count). The van der Waals surface area contributed by atoms with Gasteiger partial charge in [-0.2, -0.15) is 0 Å². The zero-order valence-corrected chi connectivity index (χ0v) is 10.1. The maximum absolute atomic E-state index is 5.91. The Morgan fingerprint density at radius 1 is 1.41 bits per heavy atom. The molecule has 0 radical (unpaired) electrons. The molecule has 3 aromatic rings. The SMILES string of the molecule is Cc1nc(Cn2c(N)nc3cnccc32)cs1. The second kappa shape index (κ2) is 3.81. The van der Waals surface area contributed by atoms with Crippen LogP contribution in [0.3, 0.4) is 0 Å². The van der Waals surface area contributed by atoms with E-state index < -0.39 is 0 Å². The molecule has 0 spiro atoms. The second-order valence-electron chi connectivity index (χ2n) is 3.78. The summed E-state index contributed by atoms with van der Waals surface area (Å²) in [6.07, 6.45) is 3.46. The standard InChI is InChI=1S/C11H11N5S/c1-7-14-8(6-17-7)5-16-10-2-3-13-4-9(10)15-11(16)12/h2-4,6H,5H2,1H3,(H2,12,15). The molecule has 2 N–H and O–H groups in total. The number of nitrogen functional groups attached to an aromatic ring is 1. The van der Waals surface area contributed by atoms with Gasteiger partial charge >= 0.3 is 0 Å². The highest BCUT2D eigenvalue weighted by molar-refractivity contribution is 7.09. The number of hydrogen-bond donors (Lipinski definition) is 1. The van der Waals surface area contributed by atoms with Crippen molar-refractivity contribution in [3.8, 4) is 0 Å². The molecule has 0 aliphatic rings. The van der Waals surface area contributed by atoms with Crippen molar-refractivity contribution in [3.63, 3.8) is 0 Å². The van der Waals surface area contributed by atoms with E-state index in [0.29, 0.717) is 12.5 Å². The lowest BCUT2D eigenvalue weighted by Gasteiger charge is -2.03. The van der Waals surface area contributed by atoms with Crippen molar-refractivity contribution in [1.29, 1.82) is 0 Å². The van der Waals surface area contributed by atoms with Gasteiger partial charge in [-0.25, -0.2) is 9.97 Å². The van der Waals surface area contributed by atoms with Crippen LogP contribution in [0.1, 0.15) is 10.7 Å². The molecule has 3 heterocycles. The molecule has 0 saturated heterocycles. The van der Waals surface area contributed by atoms with Gasteiger partial charge in [0, 0.05) is 11.6 Å². The first-order valence-corrected chi connectivity index (χ1v) is 6.09. The van der Waals surface area contributed by atoms with Crippen molar-refractivity contribution in [1.82, 2.24) is 19.5 Å². The topological polar surface area (TPSA) is 69.6 Å². The maximum Gasteiger partial charge on any atom is 0.201 e. The molecule has 0 fully saturated rings. The average Bonchev–Trinajstić information content (AvgIpc) is 2.85. The minimum absolute atomic E-state index is 0.499. The number of aromatic nitrogens is 4. The van der Waals surface area contributed by atoms with Gasteiger partial charge in [0.25, 0.3) is 0 Å². The molecule has 0 atom stereocenters. The minimum Gasteiger partial charge on any atom is -0.369 e. The third kappa shape index (κ3) is 1.76. The Balaban J connectivity index is 2.08. The largest absolute Gasteiger partial charge is 0.369 e. The van der Waals surface area contributed by atoms with E-state index in [0.717, 1.165) is 21.7 Å². The van der Waals surface area contributed by atoms with Gasteiger partial charge in [-0.1, -0.05) is 0 Å². The third-order valence-corrected chi connectivity index (χ3v) is 3.39. The molecule has 5 nitrogen and oxygen atoms in total.